The molecule has 0 spiro atoms. The van der Waals surface area contributed by atoms with Crippen molar-refractivity contribution < 1.29 is 23.8 Å². The molecule has 0 rings (SSSR count). The van der Waals surface area contributed by atoms with Gasteiger partial charge in [-0.05, 0) is 57.8 Å². The van der Waals surface area contributed by atoms with Crippen LogP contribution < -0.4 is 0 Å². The van der Waals surface area contributed by atoms with Crippen LogP contribution in [0.15, 0.2) is 48.6 Å². The molecule has 314 valence electrons. The summed E-state index contributed by atoms with van der Waals surface area (Å²) in [7, 11) is 0. The number of hydrogen-bond donors (Lipinski definition) is 0. The Bertz CT molecular complexity index is 904. The highest BCUT2D eigenvalue weighted by Gasteiger charge is 2.17. The fraction of sp³-hybridized carbons (Fsp3) is 0.796. The minimum absolute atomic E-state index is 0.0761. The molecule has 0 heterocycles. The smallest absolute Gasteiger partial charge is 0.306 e. The number of unbranched alkanes of at least 4 members (excludes halogenated alkanes) is 23. The number of rotatable bonds is 42. The first kappa shape index (κ1) is 51.9. The van der Waals surface area contributed by atoms with Crippen molar-refractivity contribution in [3.8, 4) is 0 Å². The van der Waals surface area contributed by atoms with Crippen LogP contribution in [0.4, 0.5) is 0 Å². The van der Waals surface area contributed by atoms with E-state index in [0.29, 0.717) is 19.4 Å². The monoisotopic (exact) mass is 757 g/mol. The van der Waals surface area contributed by atoms with Gasteiger partial charge in [0, 0.05) is 19.4 Å². The lowest BCUT2D eigenvalue weighted by molar-refractivity contribution is -0.163. The van der Waals surface area contributed by atoms with Gasteiger partial charge in [-0.1, -0.05) is 204 Å². The Morgan fingerprint density at radius 2 is 0.833 bits per heavy atom. The van der Waals surface area contributed by atoms with Crippen LogP contribution in [0.5, 0.6) is 0 Å². The van der Waals surface area contributed by atoms with Gasteiger partial charge in [0.2, 0.25) is 0 Å². The lowest BCUT2D eigenvalue weighted by Crippen LogP contribution is -2.30. The van der Waals surface area contributed by atoms with E-state index in [-0.39, 0.29) is 25.2 Å². The molecular weight excluding hydrogens is 669 g/mol. The van der Waals surface area contributed by atoms with E-state index in [1.165, 1.54) is 116 Å². The molecule has 0 bridgehead atoms. The van der Waals surface area contributed by atoms with Gasteiger partial charge in [0.15, 0.2) is 6.10 Å². The van der Waals surface area contributed by atoms with E-state index < -0.39 is 6.10 Å². The van der Waals surface area contributed by atoms with Crippen molar-refractivity contribution in [2.75, 3.05) is 19.8 Å². The van der Waals surface area contributed by atoms with E-state index in [0.717, 1.165) is 77.0 Å². The molecule has 0 radical (unpaired) electrons. The molecule has 0 aliphatic heterocycles. The maximum Gasteiger partial charge on any atom is 0.306 e. The van der Waals surface area contributed by atoms with Gasteiger partial charge in [-0.25, -0.2) is 0 Å². The molecule has 0 amide bonds. The van der Waals surface area contributed by atoms with Crippen LogP contribution >= 0.6 is 0 Å². The van der Waals surface area contributed by atoms with Crippen LogP contribution in [0.25, 0.3) is 0 Å². The zero-order valence-corrected chi connectivity index (χ0v) is 36.0. The molecule has 0 aliphatic carbocycles. The second-order valence-electron chi connectivity index (χ2n) is 15.3. The van der Waals surface area contributed by atoms with Crippen molar-refractivity contribution in [3.05, 3.63) is 48.6 Å². The average Bonchev–Trinajstić information content (AvgIpc) is 3.17. The zero-order chi connectivity index (χ0) is 39.3. The van der Waals surface area contributed by atoms with Gasteiger partial charge in [0.05, 0.1) is 6.61 Å². The van der Waals surface area contributed by atoms with Crippen LogP contribution in [-0.4, -0.2) is 37.9 Å². The first-order valence-electron chi connectivity index (χ1n) is 23.2. The van der Waals surface area contributed by atoms with Gasteiger partial charge in [0.1, 0.15) is 6.61 Å². The van der Waals surface area contributed by atoms with Crippen LogP contribution in [0.1, 0.15) is 226 Å². The fourth-order valence-electron chi connectivity index (χ4n) is 6.44. The molecule has 0 aromatic rings. The first-order chi connectivity index (χ1) is 26.6. The summed E-state index contributed by atoms with van der Waals surface area (Å²) in [6.07, 6.45) is 53.9. The third kappa shape index (κ3) is 42.6. The number of esters is 2. The Morgan fingerprint density at radius 3 is 1.31 bits per heavy atom. The van der Waals surface area contributed by atoms with E-state index in [1.54, 1.807) is 0 Å². The van der Waals surface area contributed by atoms with E-state index in [2.05, 4.69) is 69.4 Å². The summed E-state index contributed by atoms with van der Waals surface area (Å²) in [6.45, 7) is 7.65. The summed E-state index contributed by atoms with van der Waals surface area (Å²) >= 11 is 0. The molecule has 0 aromatic carbocycles. The Hall–Kier alpha value is -2.14. The van der Waals surface area contributed by atoms with Crippen molar-refractivity contribution in [1.29, 1.82) is 0 Å². The number of carbonyl (C=O) groups excluding carboxylic acids is 2. The molecule has 5 heteroatoms. The van der Waals surface area contributed by atoms with Crippen LogP contribution in [0, 0.1) is 0 Å². The summed E-state index contributed by atoms with van der Waals surface area (Å²) in [4.78, 5) is 25.2. The maximum atomic E-state index is 12.7. The summed E-state index contributed by atoms with van der Waals surface area (Å²) in [5.41, 5.74) is 0. The lowest BCUT2D eigenvalue weighted by Gasteiger charge is -2.18. The van der Waals surface area contributed by atoms with Gasteiger partial charge in [-0.2, -0.15) is 0 Å². The van der Waals surface area contributed by atoms with Gasteiger partial charge in [-0.3, -0.25) is 9.59 Å². The Kier molecular flexibility index (Phi) is 43.5. The molecule has 1 atom stereocenters. The number of allylic oxidation sites excluding steroid dienone is 8. The van der Waals surface area contributed by atoms with Crippen LogP contribution in [0.3, 0.4) is 0 Å². The normalized spacial score (nSPS) is 12.6. The third-order valence-corrected chi connectivity index (χ3v) is 9.88. The van der Waals surface area contributed by atoms with Gasteiger partial charge in [-0.15, -0.1) is 0 Å². The molecule has 0 aromatic heterocycles. The summed E-state index contributed by atoms with van der Waals surface area (Å²) in [5.74, 6) is -0.410. The number of ether oxygens (including phenoxy) is 3. The van der Waals surface area contributed by atoms with Crippen molar-refractivity contribution in [3.63, 3.8) is 0 Å². The van der Waals surface area contributed by atoms with E-state index in [4.69, 9.17) is 14.2 Å². The van der Waals surface area contributed by atoms with Crippen molar-refractivity contribution in [2.24, 2.45) is 0 Å². The summed E-state index contributed by atoms with van der Waals surface area (Å²) in [6, 6.07) is 0. The predicted octanol–water partition coefficient (Wildman–Crippen LogP) is 15.2. The molecule has 0 N–H and O–H groups in total. The molecule has 54 heavy (non-hydrogen) atoms. The van der Waals surface area contributed by atoms with Crippen molar-refractivity contribution in [1.82, 2.24) is 0 Å². The largest absolute Gasteiger partial charge is 0.462 e. The van der Waals surface area contributed by atoms with Gasteiger partial charge < -0.3 is 14.2 Å². The van der Waals surface area contributed by atoms with E-state index >= 15 is 0 Å². The van der Waals surface area contributed by atoms with Crippen molar-refractivity contribution in [2.45, 2.75) is 232 Å². The highest BCUT2D eigenvalue weighted by molar-refractivity contribution is 5.70. The predicted molar refractivity (Wildman–Crippen MR) is 233 cm³/mol. The SMILES string of the molecule is CC/C=C\C/C=C\C/C=C\C/C=C\CCCCCOCC(COC(=O)CCCCCCCCCCCCC)OC(=O)CCCCCCCCCCCCC. The maximum absolute atomic E-state index is 12.7. The quantitative estimate of drug-likeness (QED) is 0.0353. The van der Waals surface area contributed by atoms with Crippen LogP contribution in [0.2, 0.25) is 0 Å². The highest BCUT2D eigenvalue weighted by atomic mass is 16.6. The third-order valence-electron chi connectivity index (χ3n) is 9.88. The molecule has 0 saturated carbocycles. The van der Waals surface area contributed by atoms with E-state index in [1.807, 2.05) is 0 Å². The Morgan fingerprint density at radius 1 is 0.426 bits per heavy atom. The molecule has 0 saturated heterocycles. The molecule has 1 unspecified atom stereocenters. The molecule has 0 aliphatic rings. The zero-order valence-electron chi connectivity index (χ0n) is 36.0. The van der Waals surface area contributed by atoms with E-state index in [9.17, 15) is 9.59 Å². The molecular formula is C49H88O5. The second kappa shape index (κ2) is 45.3. The fourth-order valence-corrected chi connectivity index (χ4v) is 6.44. The minimum Gasteiger partial charge on any atom is -0.462 e. The average molecular weight is 757 g/mol. The molecule has 0 fully saturated rings. The second-order valence-corrected chi connectivity index (χ2v) is 15.3. The molecule has 5 nitrogen and oxygen atoms in total. The van der Waals surface area contributed by atoms with Crippen molar-refractivity contribution >= 4 is 11.9 Å². The Labute approximate surface area is 335 Å². The Balaban J connectivity index is 4.29. The number of carbonyl (C=O) groups is 2. The van der Waals surface area contributed by atoms with Gasteiger partial charge >= 0.3 is 11.9 Å². The lowest BCUT2D eigenvalue weighted by atomic mass is 10.1. The summed E-state index contributed by atoms with van der Waals surface area (Å²) < 4.78 is 17.3. The number of hydrogen-bond acceptors (Lipinski definition) is 5. The summed E-state index contributed by atoms with van der Waals surface area (Å²) in [5, 5.41) is 0. The topological polar surface area (TPSA) is 61.8 Å². The first-order valence-corrected chi connectivity index (χ1v) is 23.2. The standard InChI is InChI=1S/C49H88O5/c1-4-7-10-13-16-19-22-23-24-25-26-29-32-35-38-41-44-52-45-47(54-49(51)43-40-37-34-31-28-21-18-15-12-9-6-3)46-53-48(50)42-39-36-33-30-27-20-17-14-11-8-5-2/h7,10,16,19,23-24,26,29,47H,4-6,8-9,11-15,17-18,20-22,25,27-28,30-46H2,1-3H3/b10-7-,19-16-,24-23-,29-26-. The minimum atomic E-state index is -0.546. The van der Waals surface area contributed by atoms with Crippen LogP contribution in [-0.2, 0) is 23.8 Å². The highest BCUT2D eigenvalue weighted by Crippen LogP contribution is 2.14. The van der Waals surface area contributed by atoms with Gasteiger partial charge in [0.25, 0.3) is 0 Å².